The van der Waals surface area contributed by atoms with E-state index in [9.17, 15) is 13.2 Å². The third-order valence-electron chi connectivity index (χ3n) is 3.55. The molecule has 0 amide bonds. The molecule has 0 aliphatic heterocycles. The summed E-state index contributed by atoms with van der Waals surface area (Å²) in [5.41, 5.74) is 0. The van der Waals surface area contributed by atoms with Crippen molar-refractivity contribution >= 4 is 15.8 Å². The average molecular weight is 248 g/mol. The minimum atomic E-state index is -3.59. The predicted molar refractivity (Wildman–Crippen MR) is 62.1 cm³/mol. The number of sulfone groups is 1. The summed E-state index contributed by atoms with van der Waals surface area (Å²) in [6.45, 7) is 4.59. The number of aliphatic carboxylic acids is 1. The van der Waals surface area contributed by atoms with Gasteiger partial charge in [-0.2, -0.15) is 0 Å². The lowest BCUT2D eigenvalue weighted by molar-refractivity contribution is -0.139. The lowest BCUT2D eigenvalue weighted by atomic mass is 9.90. The fourth-order valence-corrected chi connectivity index (χ4v) is 4.33. The van der Waals surface area contributed by atoms with Crippen LogP contribution in [0.15, 0.2) is 0 Å². The van der Waals surface area contributed by atoms with Crippen molar-refractivity contribution < 1.29 is 18.3 Å². The van der Waals surface area contributed by atoms with Crippen LogP contribution in [0.25, 0.3) is 0 Å². The molecule has 5 heteroatoms. The molecule has 0 bridgehead atoms. The van der Waals surface area contributed by atoms with E-state index < -0.39 is 25.8 Å². The van der Waals surface area contributed by atoms with Crippen LogP contribution in [0.2, 0.25) is 0 Å². The number of carboxylic acid groups (broad SMARTS) is 1. The zero-order valence-corrected chi connectivity index (χ0v) is 10.9. The Kier molecular flexibility index (Phi) is 3.67. The first-order chi connectivity index (χ1) is 7.19. The molecule has 2 unspecified atom stereocenters. The lowest BCUT2D eigenvalue weighted by Crippen LogP contribution is -2.47. The van der Waals surface area contributed by atoms with Crippen LogP contribution in [-0.2, 0) is 14.6 Å². The highest BCUT2D eigenvalue weighted by Crippen LogP contribution is 2.33. The van der Waals surface area contributed by atoms with E-state index in [0.717, 1.165) is 12.8 Å². The summed E-state index contributed by atoms with van der Waals surface area (Å²) in [5.74, 6) is -0.885. The minimum Gasteiger partial charge on any atom is -0.480 e. The summed E-state index contributed by atoms with van der Waals surface area (Å²) in [4.78, 5) is 11.0. The van der Waals surface area contributed by atoms with Gasteiger partial charge >= 0.3 is 5.97 Å². The Hall–Kier alpha value is -0.580. The molecule has 1 N–H and O–H groups in total. The standard InChI is InChI=1S/C11H20O4S/c1-8-5-4-6-9(7-8)16(14,15)11(2,3)10(12)13/h8-9H,4-7H2,1-3H3,(H,12,13). The first-order valence-corrected chi connectivity index (χ1v) is 7.21. The van der Waals surface area contributed by atoms with E-state index in [1.54, 1.807) is 0 Å². The van der Waals surface area contributed by atoms with Gasteiger partial charge in [-0.1, -0.05) is 19.8 Å². The molecule has 16 heavy (non-hydrogen) atoms. The van der Waals surface area contributed by atoms with Gasteiger partial charge in [0.15, 0.2) is 14.6 Å². The lowest BCUT2D eigenvalue weighted by Gasteiger charge is -2.31. The molecule has 0 radical (unpaired) electrons. The molecule has 1 rings (SSSR count). The molecule has 0 aromatic rings. The van der Waals surface area contributed by atoms with Crippen LogP contribution in [-0.4, -0.2) is 29.5 Å². The summed E-state index contributed by atoms with van der Waals surface area (Å²) < 4.78 is 22.8. The van der Waals surface area contributed by atoms with Crippen molar-refractivity contribution in [3.8, 4) is 0 Å². The molecule has 94 valence electrons. The van der Waals surface area contributed by atoms with Crippen molar-refractivity contribution in [2.24, 2.45) is 5.92 Å². The SMILES string of the molecule is CC1CCCC(S(=O)(=O)C(C)(C)C(=O)O)C1. The Balaban J connectivity index is 2.97. The highest BCUT2D eigenvalue weighted by molar-refractivity contribution is 7.94. The van der Waals surface area contributed by atoms with E-state index in [-0.39, 0.29) is 0 Å². The minimum absolute atomic E-state index is 0.373. The van der Waals surface area contributed by atoms with Crippen LogP contribution in [0.1, 0.15) is 46.5 Å². The van der Waals surface area contributed by atoms with Crippen molar-refractivity contribution in [3.63, 3.8) is 0 Å². The monoisotopic (exact) mass is 248 g/mol. The topological polar surface area (TPSA) is 71.4 Å². The third-order valence-corrected chi connectivity index (χ3v) is 6.46. The molecule has 0 heterocycles. The molecule has 1 aliphatic carbocycles. The Labute approximate surface area is 97.0 Å². The van der Waals surface area contributed by atoms with Crippen molar-refractivity contribution in [1.29, 1.82) is 0 Å². The molecule has 2 atom stereocenters. The summed E-state index contributed by atoms with van der Waals surface area (Å²) in [6, 6.07) is 0. The quantitative estimate of drug-likeness (QED) is 0.827. The number of hydrogen-bond donors (Lipinski definition) is 1. The number of hydrogen-bond acceptors (Lipinski definition) is 3. The fraction of sp³-hybridized carbons (Fsp3) is 0.909. The van der Waals surface area contributed by atoms with Gasteiger partial charge in [-0.3, -0.25) is 4.79 Å². The molecule has 0 spiro atoms. The summed E-state index contributed by atoms with van der Waals surface area (Å²) in [5, 5.41) is 8.51. The van der Waals surface area contributed by atoms with E-state index in [4.69, 9.17) is 5.11 Å². The molecule has 1 fully saturated rings. The van der Waals surface area contributed by atoms with E-state index in [0.29, 0.717) is 18.8 Å². The molecule has 0 saturated heterocycles. The third kappa shape index (κ3) is 2.24. The van der Waals surface area contributed by atoms with E-state index in [1.165, 1.54) is 13.8 Å². The molecular formula is C11H20O4S. The smallest absolute Gasteiger partial charge is 0.324 e. The molecule has 1 aliphatic rings. The highest BCUT2D eigenvalue weighted by Gasteiger charge is 2.47. The van der Waals surface area contributed by atoms with E-state index in [2.05, 4.69) is 0 Å². The molecule has 4 nitrogen and oxygen atoms in total. The van der Waals surface area contributed by atoms with Crippen LogP contribution < -0.4 is 0 Å². The maximum Gasteiger partial charge on any atom is 0.324 e. The molecule has 1 saturated carbocycles. The number of carboxylic acids is 1. The summed E-state index contributed by atoms with van der Waals surface area (Å²) in [6.07, 6.45) is 3.11. The van der Waals surface area contributed by atoms with Crippen LogP contribution in [0.5, 0.6) is 0 Å². The van der Waals surface area contributed by atoms with Crippen molar-refractivity contribution in [2.75, 3.05) is 0 Å². The largest absolute Gasteiger partial charge is 0.480 e. The van der Waals surface area contributed by atoms with Crippen molar-refractivity contribution in [3.05, 3.63) is 0 Å². The van der Waals surface area contributed by atoms with Gasteiger partial charge < -0.3 is 5.11 Å². The van der Waals surface area contributed by atoms with Crippen LogP contribution >= 0.6 is 0 Å². The van der Waals surface area contributed by atoms with E-state index >= 15 is 0 Å². The summed E-state index contributed by atoms with van der Waals surface area (Å²) >= 11 is 0. The van der Waals surface area contributed by atoms with Gasteiger partial charge in [0, 0.05) is 0 Å². The maximum absolute atomic E-state index is 12.2. The van der Waals surface area contributed by atoms with Crippen molar-refractivity contribution in [2.45, 2.75) is 56.5 Å². The second-order valence-corrected chi connectivity index (χ2v) is 8.03. The van der Waals surface area contributed by atoms with Gasteiger partial charge in [0.25, 0.3) is 0 Å². The van der Waals surface area contributed by atoms with Gasteiger partial charge in [-0.15, -0.1) is 0 Å². The fourth-order valence-electron chi connectivity index (χ4n) is 2.20. The van der Waals surface area contributed by atoms with Gasteiger partial charge in [0.1, 0.15) is 0 Å². The van der Waals surface area contributed by atoms with Gasteiger partial charge in [-0.05, 0) is 32.6 Å². The van der Waals surface area contributed by atoms with Crippen LogP contribution in [0.3, 0.4) is 0 Å². The van der Waals surface area contributed by atoms with Gasteiger partial charge in [-0.25, -0.2) is 8.42 Å². The number of rotatable bonds is 3. The first kappa shape index (κ1) is 13.5. The van der Waals surface area contributed by atoms with Gasteiger partial charge in [0.05, 0.1) is 5.25 Å². The zero-order valence-electron chi connectivity index (χ0n) is 10.1. The second-order valence-electron chi connectivity index (χ2n) is 5.25. The number of carbonyl (C=O) groups is 1. The zero-order chi connectivity index (χ0) is 12.6. The molecule has 0 aromatic heterocycles. The first-order valence-electron chi connectivity index (χ1n) is 5.66. The predicted octanol–water partition coefficient (Wildman–Crippen LogP) is 1.84. The maximum atomic E-state index is 12.2. The second kappa shape index (κ2) is 4.35. The Morgan fingerprint density at radius 2 is 1.88 bits per heavy atom. The molecule has 0 aromatic carbocycles. The molecular weight excluding hydrogens is 228 g/mol. The average Bonchev–Trinajstić information content (AvgIpc) is 2.17. The Morgan fingerprint density at radius 1 is 1.31 bits per heavy atom. The Bertz CT molecular complexity index is 369. The van der Waals surface area contributed by atoms with E-state index in [1.807, 2.05) is 6.92 Å². The van der Waals surface area contributed by atoms with Gasteiger partial charge in [0.2, 0.25) is 0 Å². The Morgan fingerprint density at radius 3 is 2.31 bits per heavy atom. The van der Waals surface area contributed by atoms with Crippen molar-refractivity contribution in [1.82, 2.24) is 0 Å². The normalized spacial score (nSPS) is 27.7. The summed E-state index contributed by atoms with van der Waals surface area (Å²) in [7, 11) is -3.59. The van der Waals surface area contributed by atoms with Crippen LogP contribution in [0, 0.1) is 5.92 Å². The highest BCUT2D eigenvalue weighted by atomic mass is 32.2. The van der Waals surface area contributed by atoms with Crippen LogP contribution in [0.4, 0.5) is 0 Å².